The zero-order valence-corrected chi connectivity index (χ0v) is 27.0. The fraction of sp³-hybridized carbons (Fsp3) is 0.447. The second kappa shape index (κ2) is 20.7. The summed E-state index contributed by atoms with van der Waals surface area (Å²) in [6.45, 7) is 3.83. The van der Waals surface area contributed by atoms with Crippen molar-refractivity contribution in [1.29, 1.82) is 0 Å². The van der Waals surface area contributed by atoms with Gasteiger partial charge in [0.2, 0.25) is 0 Å². The van der Waals surface area contributed by atoms with Crippen molar-refractivity contribution < 1.29 is 38.0 Å². The lowest BCUT2D eigenvalue weighted by Gasteiger charge is -2.45. The quantitative estimate of drug-likeness (QED) is 0.0764. The molecule has 1 saturated heterocycles. The van der Waals surface area contributed by atoms with E-state index in [0.29, 0.717) is 26.4 Å². The first kappa shape index (κ1) is 35.5. The monoisotopic (exact) mass is 632 g/mol. The number of methoxy groups -OCH3 is 1. The summed E-state index contributed by atoms with van der Waals surface area (Å²) < 4.78 is 43.1. The Labute approximate surface area is 273 Å². The standard InChI is InChI=1S/C38H48O8/c1-30(39)45-37-36(44-28-33-22-14-9-15-23-33)35(43-27-32-20-12-8-13-21-32)34(29-41-26-31-18-10-7-11-19-31)46-38(37)42-25-17-6-4-3-5-16-24-40-2/h3-4,7-15,18-23,34-38H,5-6,16-17,24-29H2,1-2H3/b4-3-/t34?,35-,36+,37?,38+/m1/s1. The minimum absolute atomic E-state index is 0.233. The van der Waals surface area contributed by atoms with Gasteiger partial charge in [-0.3, -0.25) is 4.79 Å². The third-order valence-corrected chi connectivity index (χ3v) is 7.54. The average molecular weight is 633 g/mol. The average Bonchev–Trinajstić information content (AvgIpc) is 3.08. The minimum atomic E-state index is -0.864. The molecule has 1 fully saturated rings. The Bertz CT molecular complexity index is 1250. The van der Waals surface area contributed by atoms with Gasteiger partial charge < -0.3 is 33.2 Å². The molecule has 0 N–H and O–H groups in total. The van der Waals surface area contributed by atoms with Crippen LogP contribution in [0.3, 0.4) is 0 Å². The van der Waals surface area contributed by atoms with E-state index in [2.05, 4.69) is 12.2 Å². The van der Waals surface area contributed by atoms with Gasteiger partial charge in [-0.15, -0.1) is 0 Å². The summed E-state index contributed by atoms with van der Waals surface area (Å²) in [5.74, 6) is -0.449. The molecule has 1 aliphatic rings. The highest BCUT2D eigenvalue weighted by atomic mass is 16.7. The summed E-state index contributed by atoms with van der Waals surface area (Å²) >= 11 is 0. The lowest BCUT2D eigenvalue weighted by Crippen LogP contribution is -2.62. The number of hydrogen-bond acceptors (Lipinski definition) is 8. The van der Waals surface area contributed by atoms with Crippen molar-refractivity contribution in [3.8, 4) is 0 Å². The summed E-state index contributed by atoms with van der Waals surface area (Å²) in [6, 6.07) is 29.8. The molecule has 1 heterocycles. The molecule has 248 valence electrons. The molecule has 46 heavy (non-hydrogen) atoms. The van der Waals surface area contributed by atoms with E-state index < -0.39 is 36.7 Å². The van der Waals surface area contributed by atoms with Gasteiger partial charge in [0.25, 0.3) is 0 Å². The third kappa shape index (κ3) is 12.4. The van der Waals surface area contributed by atoms with Crippen LogP contribution in [0, 0.1) is 0 Å². The van der Waals surface area contributed by atoms with Crippen molar-refractivity contribution in [2.75, 3.05) is 26.9 Å². The maximum Gasteiger partial charge on any atom is 0.303 e. The molecule has 1 aliphatic heterocycles. The van der Waals surface area contributed by atoms with E-state index in [4.69, 9.17) is 33.2 Å². The maximum absolute atomic E-state index is 12.4. The zero-order valence-electron chi connectivity index (χ0n) is 27.0. The molecule has 0 spiro atoms. The van der Waals surface area contributed by atoms with Crippen molar-refractivity contribution in [1.82, 2.24) is 0 Å². The molecule has 3 aromatic rings. The highest BCUT2D eigenvalue weighted by Gasteiger charge is 2.50. The number of rotatable bonds is 20. The molecule has 0 bridgehead atoms. The predicted octanol–water partition coefficient (Wildman–Crippen LogP) is 6.81. The molecule has 8 nitrogen and oxygen atoms in total. The zero-order chi connectivity index (χ0) is 32.2. The number of esters is 1. The van der Waals surface area contributed by atoms with Gasteiger partial charge in [0.1, 0.15) is 18.3 Å². The molecule has 0 aliphatic carbocycles. The van der Waals surface area contributed by atoms with Crippen molar-refractivity contribution in [2.24, 2.45) is 0 Å². The number of carbonyl (C=O) groups is 1. The van der Waals surface area contributed by atoms with Crippen LogP contribution in [0.25, 0.3) is 0 Å². The lowest BCUT2D eigenvalue weighted by molar-refractivity contribution is -0.321. The number of carbonyl (C=O) groups excluding carboxylic acids is 1. The van der Waals surface area contributed by atoms with Gasteiger partial charge in [-0.05, 0) is 42.4 Å². The van der Waals surface area contributed by atoms with E-state index in [1.807, 2.05) is 91.0 Å². The van der Waals surface area contributed by atoms with Crippen LogP contribution >= 0.6 is 0 Å². The maximum atomic E-state index is 12.4. The van der Waals surface area contributed by atoms with Gasteiger partial charge >= 0.3 is 5.97 Å². The van der Waals surface area contributed by atoms with Crippen molar-refractivity contribution >= 4 is 5.97 Å². The van der Waals surface area contributed by atoms with E-state index in [1.165, 1.54) is 6.92 Å². The first-order valence-corrected chi connectivity index (χ1v) is 16.1. The number of allylic oxidation sites excluding steroid dienone is 2. The first-order valence-electron chi connectivity index (χ1n) is 16.1. The highest BCUT2D eigenvalue weighted by molar-refractivity contribution is 5.66. The summed E-state index contributed by atoms with van der Waals surface area (Å²) in [6.07, 6.45) is 4.38. The fourth-order valence-corrected chi connectivity index (χ4v) is 5.24. The van der Waals surface area contributed by atoms with Gasteiger partial charge in [-0.2, -0.15) is 0 Å². The molecule has 3 aromatic carbocycles. The van der Waals surface area contributed by atoms with Crippen molar-refractivity contribution in [2.45, 2.75) is 83.1 Å². The molecule has 0 saturated carbocycles. The van der Waals surface area contributed by atoms with E-state index in [1.54, 1.807) is 7.11 Å². The number of ether oxygens (including phenoxy) is 7. The Kier molecular flexibility index (Phi) is 16.0. The number of hydrogen-bond donors (Lipinski definition) is 0. The van der Waals surface area contributed by atoms with Crippen LogP contribution in [0.2, 0.25) is 0 Å². The van der Waals surface area contributed by atoms with Gasteiger partial charge in [0.15, 0.2) is 12.4 Å². The van der Waals surface area contributed by atoms with Gasteiger partial charge in [0.05, 0.1) is 33.0 Å². The van der Waals surface area contributed by atoms with Crippen LogP contribution < -0.4 is 0 Å². The van der Waals surface area contributed by atoms with E-state index >= 15 is 0 Å². The SMILES string of the molecule is COCCC/C=C\CCCO[C@H]1OC(COCc2ccccc2)[C@@H](OCc2ccccc2)[C@H](OCc2ccccc2)C1OC(C)=O. The van der Waals surface area contributed by atoms with E-state index in [-0.39, 0.29) is 6.61 Å². The van der Waals surface area contributed by atoms with Crippen LogP contribution in [0.4, 0.5) is 0 Å². The molecule has 8 heteroatoms. The Hall–Kier alpha value is -3.37. The predicted molar refractivity (Wildman–Crippen MR) is 176 cm³/mol. The van der Waals surface area contributed by atoms with Crippen LogP contribution in [0.1, 0.15) is 49.3 Å². The Morgan fingerprint density at radius 1 is 0.674 bits per heavy atom. The van der Waals surface area contributed by atoms with Crippen LogP contribution in [-0.2, 0) is 57.8 Å². The van der Waals surface area contributed by atoms with Gasteiger partial charge in [0, 0.05) is 20.6 Å². The van der Waals surface area contributed by atoms with E-state index in [9.17, 15) is 4.79 Å². The Morgan fingerprint density at radius 2 is 1.20 bits per heavy atom. The molecule has 0 amide bonds. The second-order valence-electron chi connectivity index (χ2n) is 11.3. The van der Waals surface area contributed by atoms with Crippen molar-refractivity contribution in [3.05, 3.63) is 120 Å². The van der Waals surface area contributed by atoms with Crippen LogP contribution in [0.15, 0.2) is 103 Å². The van der Waals surface area contributed by atoms with Crippen LogP contribution in [0.5, 0.6) is 0 Å². The second-order valence-corrected chi connectivity index (χ2v) is 11.3. The fourth-order valence-electron chi connectivity index (χ4n) is 5.24. The number of benzene rings is 3. The normalized spacial score (nSPS) is 21.4. The molecule has 0 radical (unpaired) electrons. The summed E-state index contributed by atoms with van der Waals surface area (Å²) in [5.41, 5.74) is 3.05. The molecule has 5 atom stereocenters. The summed E-state index contributed by atoms with van der Waals surface area (Å²) in [5, 5.41) is 0. The summed E-state index contributed by atoms with van der Waals surface area (Å²) in [4.78, 5) is 12.4. The largest absolute Gasteiger partial charge is 0.454 e. The van der Waals surface area contributed by atoms with E-state index in [0.717, 1.165) is 49.0 Å². The van der Waals surface area contributed by atoms with Crippen LogP contribution in [-0.4, -0.2) is 63.6 Å². The first-order chi connectivity index (χ1) is 22.6. The third-order valence-electron chi connectivity index (χ3n) is 7.54. The molecule has 4 rings (SSSR count). The Balaban J connectivity index is 1.52. The smallest absolute Gasteiger partial charge is 0.303 e. The molecule has 2 unspecified atom stereocenters. The number of unbranched alkanes of at least 4 members (excludes halogenated alkanes) is 2. The summed E-state index contributed by atoms with van der Waals surface area (Å²) in [7, 11) is 1.71. The van der Waals surface area contributed by atoms with Gasteiger partial charge in [-0.25, -0.2) is 0 Å². The molecular weight excluding hydrogens is 584 g/mol. The topological polar surface area (TPSA) is 81.7 Å². The lowest BCUT2D eigenvalue weighted by atomic mass is 9.97. The molecule has 0 aromatic heterocycles. The van der Waals surface area contributed by atoms with Gasteiger partial charge in [-0.1, -0.05) is 103 Å². The molecular formula is C38H48O8. The highest BCUT2D eigenvalue weighted by Crippen LogP contribution is 2.31. The minimum Gasteiger partial charge on any atom is -0.454 e. The van der Waals surface area contributed by atoms with Crippen molar-refractivity contribution in [3.63, 3.8) is 0 Å². The Morgan fingerprint density at radius 3 is 1.74 bits per heavy atom.